The van der Waals surface area contributed by atoms with Crippen molar-refractivity contribution in [2.75, 3.05) is 0 Å². The molecule has 2 nitrogen and oxygen atoms in total. The highest BCUT2D eigenvalue weighted by Gasteiger charge is 2.29. The Hall–Kier alpha value is -0.890. The van der Waals surface area contributed by atoms with Crippen molar-refractivity contribution in [3.63, 3.8) is 0 Å². The van der Waals surface area contributed by atoms with Crippen LogP contribution in [-0.4, -0.2) is 4.98 Å². The Morgan fingerprint density at radius 3 is 2.69 bits per heavy atom. The van der Waals surface area contributed by atoms with Gasteiger partial charge in [0.1, 0.15) is 0 Å². The molecular formula is C11H16N2. The molecule has 0 saturated heterocycles. The molecule has 0 amide bonds. The molecule has 2 heteroatoms. The van der Waals surface area contributed by atoms with Crippen LogP contribution in [0.15, 0.2) is 12.3 Å². The van der Waals surface area contributed by atoms with Crippen molar-refractivity contribution in [3.8, 4) is 0 Å². The Morgan fingerprint density at radius 1 is 1.46 bits per heavy atom. The number of hydrogen-bond acceptors (Lipinski definition) is 2. The highest BCUT2D eigenvalue weighted by atomic mass is 14.7. The van der Waals surface area contributed by atoms with Crippen LogP contribution in [0.25, 0.3) is 0 Å². The van der Waals surface area contributed by atoms with Gasteiger partial charge >= 0.3 is 0 Å². The number of aryl methyl sites for hydroxylation is 2. The van der Waals surface area contributed by atoms with Gasteiger partial charge in [0.15, 0.2) is 0 Å². The summed E-state index contributed by atoms with van der Waals surface area (Å²) in [5.74, 6) is 0.712. The molecule has 1 saturated carbocycles. The van der Waals surface area contributed by atoms with Crippen LogP contribution in [0.1, 0.15) is 35.7 Å². The third-order valence-electron chi connectivity index (χ3n) is 2.88. The number of nitrogens with zero attached hydrogens (tertiary/aromatic N) is 1. The molecular weight excluding hydrogens is 160 g/mol. The zero-order valence-electron chi connectivity index (χ0n) is 8.25. The molecule has 0 bridgehead atoms. The standard InChI is InChI=1S/C11H16N2/c1-7-5-10(6-13-8(7)2)11(12)9-3-4-9/h5-6,9,11H,3-4,12H2,1-2H3/t11-/m0/s1. The summed E-state index contributed by atoms with van der Waals surface area (Å²) in [6, 6.07) is 2.39. The molecule has 13 heavy (non-hydrogen) atoms. The third kappa shape index (κ3) is 1.73. The summed E-state index contributed by atoms with van der Waals surface area (Å²) in [6.07, 6.45) is 4.49. The maximum Gasteiger partial charge on any atom is 0.0402 e. The molecule has 0 spiro atoms. The van der Waals surface area contributed by atoms with Crippen molar-refractivity contribution in [1.82, 2.24) is 4.98 Å². The Balaban J connectivity index is 2.24. The van der Waals surface area contributed by atoms with Crippen molar-refractivity contribution in [2.24, 2.45) is 11.7 Å². The van der Waals surface area contributed by atoms with E-state index >= 15 is 0 Å². The van der Waals surface area contributed by atoms with Crippen LogP contribution in [0.2, 0.25) is 0 Å². The average molecular weight is 176 g/mol. The van der Waals surface area contributed by atoms with Gasteiger partial charge < -0.3 is 5.73 Å². The number of nitrogens with two attached hydrogens (primary N) is 1. The first-order valence-electron chi connectivity index (χ1n) is 4.87. The predicted molar refractivity (Wildman–Crippen MR) is 53.4 cm³/mol. The summed E-state index contributed by atoms with van der Waals surface area (Å²) in [5.41, 5.74) is 9.63. The highest BCUT2D eigenvalue weighted by molar-refractivity contribution is 5.26. The quantitative estimate of drug-likeness (QED) is 0.749. The average Bonchev–Trinajstić information content (AvgIpc) is 2.91. The largest absolute Gasteiger partial charge is 0.324 e. The van der Waals surface area contributed by atoms with E-state index in [1.807, 2.05) is 13.1 Å². The first-order valence-corrected chi connectivity index (χ1v) is 4.87. The van der Waals surface area contributed by atoms with Crippen molar-refractivity contribution >= 4 is 0 Å². The molecule has 0 aromatic carbocycles. The first kappa shape index (κ1) is 8.70. The van der Waals surface area contributed by atoms with Gasteiger partial charge in [-0.2, -0.15) is 0 Å². The van der Waals surface area contributed by atoms with Crippen LogP contribution in [-0.2, 0) is 0 Å². The fraction of sp³-hybridized carbons (Fsp3) is 0.545. The lowest BCUT2D eigenvalue weighted by atomic mass is 10.0. The Bertz CT molecular complexity index is 316. The minimum Gasteiger partial charge on any atom is -0.324 e. The monoisotopic (exact) mass is 176 g/mol. The number of hydrogen-bond donors (Lipinski definition) is 1. The van der Waals surface area contributed by atoms with Crippen LogP contribution >= 0.6 is 0 Å². The predicted octanol–water partition coefficient (Wildman–Crippen LogP) is 2.11. The Morgan fingerprint density at radius 2 is 2.15 bits per heavy atom. The molecule has 1 aliphatic carbocycles. The molecule has 1 heterocycles. The molecule has 2 N–H and O–H groups in total. The topological polar surface area (TPSA) is 38.9 Å². The lowest BCUT2D eigenvalue weighted by Gasteiger charge is -2.11. The highest BCUT2D eigenvalue weighted by Crippen LogP contribution is 2.39. The molecule has 1 atom stereocenters. The number of rotatable bonds is 2. The third-order valence-corrected chi connectivity index (χ3v) is 2.88. The van der Waals surface area contributed by atoms with Gasteiger partial charge in [0.05, 0.1) is 0 Å². The molecule has 70 valence electrons. The van der Waals surface area contributed by atoms with E-state index in [4.69, 9.17) is 5.73 Å². The van der Waals surface area contributed by atoms with E-state index in [0.29, 0.717) is 5.92 Å². The van der Waals surface area contributed by atoms with E-state index in [2.05, 4.69) is 18.0 Å². The van der Waals surface area contributed by atoms with Gasteiger partial charge in [0.2, 0.25) is 0 Å². The lowest BCUT2D eigenvalue weighted by molar-refractivity contribution is 0.630. The molecule has 0 unspecified atom stereocenters. The molecule has 1 aromatic heterocycles. The fourth-order valence-electron chi connectivity index (χ4n) is 1.57. The van der Waals surface area contributed by atoms with Crippen LogP contribution < -0.4 is 5.73 Å². The molecule has 1 aromatic rings. The fourth-order valence-corrected chi connectivity index (χ4v) is 1.57. The zero-order chi connectivity index (χ0) is 9.42. The number of pyridine rings is 1. The van der Waals surface area contributed by atoms with Crippen molar-refractivity contribution in [1.29, 1.82) is 0 Å². The molecule has 1 fully saturated rings. The van der Waals surface area contributed by atoms with Crippen LogP contribution in [0.5, 0.6) is 0 Å². The van der Waals surface area contributed by atoms with E-state index in [9.17, 15) is 0 Å². The van der Waals surface area contributed by atoms with Gasteiger partial charge in [-0.25, -0.2) is 0 Å². The van der Waals surface area contributed by atoms with Crippen LogP contribution in [0, 0.1) is 19.8 Å². The second kappa shape index (κ2) is 3.11. The first-order chi connectivity index (χ1) is 6.18. The van der Waals surface area contributed by atoms with E-state index in [1.165, 1.54) is 24.0 Å². The lowest BCUT2D eigenvalue weighted by Crippen LogP contribution is -2.13. The second-order valence-electron chi connectivity index (χ2n) is 4.03. The maximum atomic E-state index is 6.08. The van der Waals surface area contributed by atoms with Gasteiger partial charge in [-0.05, 0) is 43.7 Å². The van der Waals surface area contributed by atoms with Crippen molar-refractivity contribution in [3.05, 3.63) is 29.1 Å². The molecule has 2 rings (SSSR count). The Labute approximate surface area is 79.2 Å². The van der Waals surface area contributed by atoms with Crippen LogP contribution in [0.3, 0.4) is 0 Å². The summed E-state index contributed by atoms with van der Waals surface area (Å²) < 4.78 is 0. The minimum atomic E-state index is 0.215. The summed E-state index contributed by atoms with van der Waals surface area (Å²) in [4.78, 5) is 4.33. The minimum absolute atomic E-state index is 0.215. The van der Waals surface area contributed by atoms with E-state index in [1.54, 1.807) is 0 Å². The summed E-state index contributed by atoms with van der Waals surface area (Å²) in [7, 11) is 0. The number of aromatic nitrogens is 1. The maximum absolute atomic E-state index is 6.08. The smallest absolute Gasteiger partial charge is 0.0402 e. The van der Waals surface area contributed by atoms with Gasteiger partial charge in [0, 0.05) is 17.9 Å². The zero-order valence-corrected chi connectivity index (χ0v) is 8.25. The van der Waals surface area contributed by atoms with E-state index in [0.717, 1.165) is 5.69 Å². The van der Waals surface area contributed by atoms with Crippen LogP contribution in [0.4, 0.5) is 0 Å². The molecule has 1 aliphatic rings. The summed E-state index contributed by atoms with van der Waals surface area (Å²) >= 11 is 0. The van der Waals surface area contributed by atoms with Crippen molar-refractivity contribution < 1.29 is 0 Å². The summed E-state index contributed by atoms with van der Waals surface area (Å²) in [6.45, 7) is 4.12. The van der Waals surface area contributed by atoms with E-state index in [-0.39, 0.29) is 6.04 Å². The molecule has 0 radical (unpaired) electrons. The molecule has 0 aliphatic heterocycles. The van der Waals surface area contributed by atoms with Gasteiger partial charge in [-0.15, -0.1) is 0 Å². The van der Waals surface area contributed by atoms with Gasteiger partial charge in [0.25, 0.3) is 0 Å². The van der Waals surface area contributed by atoms with Gasteiger partial charge in [-0.3, -0.25) is 4.98 Å². The summed E-state index contributed by atoms with van der Waals surface area (Å²) in [5, 5.41) is 0. The van der Waals surface area contributed by atoms with Crippen molar-refractivity contribution in [2.45, 2.75) is 32.7 Å². The Kier molecular flexibility index (Phi) is 2.08. The van der Waals surface area contributed by atoms with E-state index < -0.39 is 0 Å². The SMILES string of the molecule is Cc1cc([C@@H](N)C2CC2)cnc1C. The van der Waals surface area contributed by atoms with Gasteiger partial charge in [-0.1, -0.05) is 6.07 Å². The normalized spacial score (nSPS) is 18.7. The second-order valence-corrected chi connectivity index (χ2v) is 4.03.